The van der Waals surface area contributed by atoms with E-state index in [1.807, 2.05) is 16.6 Å². The van der Waals surface area contributed by atoms with Crippen LogP contribution in [-0.4, -0.2) is 44.8 Å². The highest BCUT2D eigenvalue weighted by atomic mass is 19.1. The van der Waals surface area contributed by atoms with Gasteiger partial charge >= 0.3 is 0 Å². The lowest BCUT2D eigenvalue weighted by Crippen LogP contribution is -2.38. The molecule has 1 aliphatic carbocycles. The summed E-state index contributed by atoms with van der Waals surface area (Å²) in [6, 6.07) is 10.0. The van der Waals surface area contributed by atoms with Crippen LogP contribution in [0.1, 0.15) is 36.6 Å². The molecule has 2 aliphatic rings. The molecule has 0 bridgehead atoms. The van der Waals surface area contributed by atoms with Crippen molar-refractivity contribution in [3.05, 3.63) is 53.6 Å². The highest BCUT2D eigenvalue weighted by Crippen LogP contribution is 2.38. The van der Waals surface area contributed by atoms with Gasteiger partial charge in [-0.05, 0) is 49.1 Å². The Morgan fingerprint density at radius 1 is 1.11 bits per heavy atom. The molecule has 1 saturated heterocycles. The Kier molecular flexibility index (Phi) is 4.18. The summed E-state index contributed by atoms with van der Waals surface area (Å²) >= 11 is 0. The summed E-state index contributed by atoms with van der Waals surface area (Å²) in [7, 11) is 0. The maximum atomic E-state index is 13.0. The number of halogens is 1. The average molecular weight is 380 g/mol. The Labute approximate surface area is 161 Å². The fourth-order valence-corrected chi connectivity index (χ4v) is 3.71. The third-order valence-corrected chi connectivity index (χ3v) is 5.37. The van der Waals surface area contributed by atoms with E-state index in [1.54, 1.807) is 12.1 Å². The second kappa shape index (κ2) is 6.85. The first-order valence-corrected chi connectivity index (χ1v) is 9.67. The molecule has 2 fully saturated rings. The number of rotatable bonds is 5. The molecule has 1 aliphatic heterocycles. The van der Waals surface area contributed by atoms with Crippen LogP contribution in [0.4, 0.5) is 10.2 Å². The number of benzene rings is 1. The first kappa shape index (κ1) is 17.1. The Morgan fingerprint density at radius 2 is 1.93 bits per heavy atom. The number of anilines is 1. The molecule has 2 aromatic heterocycles. The highest BCUT2D eigenvalue weighted by molar-refractivity contribution is 5.79. The lowest BCUT2D eigenvalue weighted by molar-refractivity contribution is -0.121. The second-order valence-electron chi connectivity index (χ2n) is 7.60. The van der Waals surface area contributed by atoms with Gasteiger partial charge in [0.2, 0.25) is 5.91 Å². The van der Waals surface area contributed by atoms with Crippen LogP contribution in [0.15, 0.2) is 36.4 Å². The zero-order valence-corrected chi connectivity index (χ0v) is 15.4. The van der Waals surface area contributed by atoms with E-state index in [2.05, 4.69) is 20.4 Å². The van der Waals surface area contributed by atoms with Crippen molar-refractivity contribution in [2.75, 3.05) is 18.0 Å². The largest absolute Gasteiger partial charge is 0.353 e. The quantitative estimate of drug-likeness (QED) is 0.734. The minimum atomic E-state index is -0.294. The van der Waals surface area contributed by atoms with Crippen molar-refractivity contribution in [3.8, 4) is 0 Å². The van der Waals surface area contributed by atoms with Gasteiger partial charge in [0.05, 0.1) is 6.42 Å². The smallest absolute Gasteiger partial charge is 0.224 e. The lowest BCUT2D eigenvalue weighted by atomic mass is 10.1. The summed E-state index contributed by atoms with van der Waals surface area (Å²) in [5, 5.41) is 16.3. The molecular weight excluding hydrogens is 359 g/mol. The number of hydrogen-bond donors (Lipinski definition) is 1. The van der Waals surface area contributed by atoms with Gasteiger partial charge in [0.25, 0.3) is 0 Å². The molecule has 3 heterocycles. The van der Waals surface area contributed by atoms with E-state index in [0.29, 0.717) is 12.5 Å². The predicted molar refractivity (Wildman–Crippen MR) is 102 cm³/mol. The van der Waals surface area contributed by atoms with Crippen LogP contribution in [-0.2, 0) is 11.2 Å². The maximum Gasteiger partial charge on any atom is 0.224 e. The normalized spacial score (nSPS) is 19.3. The van der Waals surface area contributed by atoms with E-state index in [0.717, 1.165) is 48.7 Å². The second-order valence-corrected chi connectivity index (χ2v) is 7.60. The van der Waals surface area contributed by atoms with Gasteiger partial charge in [-0.1, -0.05) is 12.1 Å². The molecule has 0 spiro atoms. The number of aromatic nitrogens is 4. The molecule has 0 radical (unpaired) electrons. The summed E-state index contributed by atoms with van der Waals surface area (Å²) in [6.45, 7) is 1.55. The zero-order valence-electron chi connectivity index (χ0n) is 15.4. The number of amides is 1. The summed E-state index contributed by atoms with van der Waals surface area (Å²) in [6.07, 6.45) is 3.43. The van der Waals surface area contributed by atoms with Crippen LogP contribution in [0.5, 0.6) is 0 Å². The Balaban J connectivity index is 1.23. The zero-order chi connectivity index (χ0) is 19.1. The third-order valence-electron chi connectivity index (χ3n) is 5.37. The van der Waals surface area contributed by atoms with Crippen molar-refractivity contribution in [1.29, 1.82) is 0 Å². The van der Waals surface area contributed by atoms with Crippen LogP contribution >= 0.6 is 0 Å². The minimum absolute atomic E-state index is 0.0447. The first-order chi connectivity index (χ1) is 13.7. The molecule has 1 unspecified atom stereocenters. The number of carbonyl (C=O) groups is 1. The maximum absolute atomic E-state index is 13.0. The summed E-state index contributed by atoms with van der Waals surface area (Å²) in [5.74, 6) is 1.97. The number of nitrogens with zero attached hydrogens (tertiary/aromatic N) is 5. The van der Waals surface area contributed by atoms with Crippen molar-refractivity contribution in [1.82, 2.24) is 25.1 Å². The Morgan fingerprint density at radius 3 is 2.71 bits per heavy atom. The van der Waals surface area contributed by atoms with Gasteiger partial charge in [0, 0.05) is 25.0 Å². The van der Waals surface area contributed by atoms with Gasteiger partial charge in [-0.3, -0.25) is 4.79 Å². The van der Waals surface area contributed by atoms with Gasteiger partial charge in [-0.25, -0.2) is 4.39 Å². The van der Waals surface area contributed by atoms with Gasteiger partial charge in [0.15, 0.2) is 11.5 Å². The average Bonchev–Trinajstić information content (AvgIpc) is 3.28. The predicted octanol–water partition coefficient (Wildman–Crippen LogP) is 2.08. The van der Waals surface area contributed by atoms with Gasteiger partial charge < -0.3 is 10.2 Å². The fourth-order valence-electron chi connectivity index (χ4n) is 3.71. The van der Waals surface area contributed by atoms with Crippen molar-refractivity contribution >= 4 is 17.4 Å². The van der Waals surface area contributed by atoms with Gasteiger partial charge in [0.1, 0.15) is 11.6 Å². The topological polar surface area (TPSA) is 75.4 Å². The number of hydrogen-bond acceptors (Lipinski definition) is 5. The van der Waals surface area contributed by atoms with E-state index in [4.69, 9.17) is 5.10 Å². The first-order valence-electron chi connectivity index (χ1n) is 9.67. The van der Waals surface area contributed by atoms with E-state index < -0.39 is 0 Å². The van der Waals surface area contributed by atoms with E-state index in [9.17, 15) is 9.18 Å². The highest BCUT2D eigenvalue weighted by Gasteiger charge is 2.30. The van der Waals surface area contributed by atoms with E-state index in [1.165, 1.54) is 12.1 Å². The monoisotopic (exact) mass is 380 g/mol. The number of fused-ring (bicyclic) bond motifs is 1. The molecule has 1 saturated carbocycles. The van der Waals surface area contributed by atoms with E-state index in [-0.39, 0.29) is 24.2 Å². The molecule has 1 N–H and O–H groups in total. The van der Waals surface area contributed by atoms with Gasteiger partial charge in [-0.2, -0.15) is 4.52 Å². The van der Waals surface area contributed by atoms with Crippen LogP contribution in [0.2, 0.25) is 0 Å². The van der Waals surface area contributed by atoms with Crippen molar-refractivity contribution in [2.24, 2.45) is 0 Å². The molecule has 1 atom stereocenters. The fraction of sp³-hybridized carbons (Fsp3) is 0.400. The van der Waals surface area contributed by atoms with Crippen LogP contribution in [0, 0.1) is 5.82 Å². The number of carbonyl (C=O) groups excluding carboxylic acids is 1. The molecule has 7 nitrogen and oxygen atoms in total. The van der Waals surface area contributed by atoms with Crippen molar-refractivity contribution in [3.63, 3.8) is 0 Å². The summed E-state index contributed by atoms with van der Waals surface area (Å²) in [5.41, 5.74) is 1.58. The van der Waals surface area contributed by atoms with Crippen LogP contribution in [0.3, 0.4) is 0 Å². The molecule has 3 aromatic rings. The molecule has 8 heteroatoms. The van der Waals surface area contributed by atoms with Crippen LogP contribution in [0.25, 0.3) is 5.65 Å². The molecule has 1 amide bonds. The molecule has 5 rings (SSSR count). The van der Waals surface area contributed by atoms with Crippen molar-refractivity contribution < 1.29 is 9.18 Å². The summed E-state index contributed by atoms with van der Waals surface area (Å²) in [4.78, 5) is 14.5. The van der Waals surface area contributed by atoms with Gasteiger partial charge in [-0.15, -0.1) is 15.3 Å². The van der Waals surface area contributed by atoms with Crippen molar-refractivity contribution in [2.45, 2.75) is 37.6 Å². The summed E-state index contributed by atoms with van der Waals surface area (Å²) < 4.78 is 14.8. The van der Waals surface area contributed by atoms with Crippen LogP contribution < -0.4 is 10.2 Å². The number of nitrogens with one attached hydrogen (secondary N) is 1. The van der Waals surface area contributed by atoms with E-state index >= 15 is 0 Å². The Bertz CT molecular complexity index is 1010. The molecule has 1 aromatic carbocycles. The molecule has 144 valence electrons. The lowest BCUT2D eigenvalue weighted by Gasteiger charge is -2.18. The Hall–Kier alpha value is -3.03. The molecular formula is C20H21FN6O. The third kappa shape index (κ3) is 3.42. The molecule has 28 heavy (non-hydrogen) atoms. The minimum Gasteiger partial charge on any atom is -0.353 e. The standard InChI is InChI=1S/C20H21FN6O/c21-15-5-1-13(2-6-15)11-19(28)22-16-9-10-26(12-16)18-8-7-17-23-24-20(14-3-4-14)27(17)25-18/h1-2,5-8,14,16H,3-4,9-12H2,(H,22,28). The SMILES string of the molecule is O=C(Cc1ccc(F)cc1)NC1CCN(c2ccc3nnc(C4CC4)n3n2)C1.